The first kappa shape index (κ1) is 37.0. The van der Waals surface area contributed by atoms with Crippen molar-refractivity contribution in [1.29, 1.82) is 0 Å². The molecule has 0 bridgehead atoms. The Kier molecular flexibility index (Phi) is 8.50. The van der Waals surface area contributed by atoms with Crippen molar-refractivity contribution in [2.24, 2.45) is 0 Å². The van der Waals surface area contributed by atoms with Gasteiger partial charge in [0.05, 0.1) is 0 Å². The molecule has 0 aromatic rings. The molecule has 0 aliphatic heterocycles. The molecule has 0 N–H and O–H groups in total. The van der Waals surface area contributed by atoms with Crippen molar-refractivity contribution in [1.82, 2.24) is 0 Å². The summed E-state index contributed by atoms with van der Waals surface area (Å²) in [6, 6.07) is 0. The van der Waals surface area contributed by atoms with E-state index in [1.807, 2.05) is 0 Å². The molecule has 230 valence electrons. The fourth-order valence-electron chi connectivity index (χ4n) is 1.93. The molecule has 0 saturated heterocycles. The summed E-state index contributed by atoms with van der Waals surface area (Å²) in [7, 11) is 0. The van der Waals surface area contributed by atoms with Crippen molar-refractivity contribution in [3.63, 3.8) is 0 Å². The fourth-order valence-corrected chi connectivity index (χ4v) is 2.58. The number of rotatable bonds is 9. The van der Waals surface area contributed by atoms with Crippen LogP contribution < -0.4 is 0 Å². The molecule has 0 saturated carbocycles. The van der Waals surface area contributed by atoms with Gasteiger partial charge in [0, 0.05) is 0 Å². The lowest BCUT2D eigenvalue weighted by Gasteiger charge is -2.45. The predicted molar refractivity (Wildman–Crippen MR) is 74.5 cm³/mol. The molecule has 0 nitrogen and oxygen atoms in total. The summed E-state index contributed by atoms with van der Waals surface area (Å²) in [4.78, 5) is 0. The Morgan fingerprint density at radius 3 is 0.553 bits per heavy atom. The molecule has 0 spiro atoms. The zero-order chi connectivity index (χ0) is 32.0. The Labute approximate surface area is 202 Å². The van der Waals surface area contributed by atoms with Crippen LogP contribution in [0.4, 0.5) is 110 Å². The van der Waals surface area contributed by atoms with Gasteiger partial charge in [-0.2, -0.15) is 105 Å². The minimum atomic E-state index is -9.48. The standard InChI is InChI=1S/C12F25I/c13-1(14,2(15,16)4(19,20)6(23,24)8(27,28)11(32,33)34)3(17,18)5(21,22)7(25,26)10(31,38)9(29,30)12(35,36)37. The van der Waals surface area contributed by atoms with E-state index < -0.39 is 91.9 Å². The topological polar surface area (TPSA) is 0 Å². The molecule has 0 aliphatic rings. The maximum Gasteiger partial charge on any atom is 0.460 e. The van der Waals surface area contributed by atoms with Gasteiger partial charge in [0.25, 0.3) is 0 Å². The molecule has 0 heterocycles. The summed E-state index contributed by atoms with van der Waals surface area (Å²) in [5.74, 6) is -81.3. The Hall–Kier alpha value is -1.02. The second-order valence-corrected chi connectivity index (χ2v) is 8.23. The monoisotopic (exact) mass is 746 g/mol. The van der Waals surface area contributed by atoms with Gasteiger partial charge in [-0.1, -0.05) is 0 Å². The lowest BCUT2D eigenvalue weighted by Crippen LogP contribution is -2.78. The van der Waals surface area contributed by atoms with Crippen LogP contribution in [-0.4, -0.2) is 69.3 Å². The van der Waals surface area contributed by atoms with Gasteiger partial charge in [-0.25, -0.2) is 4.39 Å². The van der Waals surface area contributed by atoms with Gasteiger partial charge in [0.15, 0.2) is 0 Å². The number of hydrogen-bond acceptors (Lipinski definition) is 0. The summed E-state index contributed by atoms with van der Waals surface area (Å²) in [5.41, 5.74) is 0. The van der Waals surface area contributed by atoms with E-state index in [9.17, 15) is 110 Å². The maximum absolute atomic E-state index is 13.6. The molecule has 1 unspecified atom stereocenters. The van der Waals surface area contributed by atoms with Crippen LogP contribution in [0.1, 0.15) is 0 Å². The minimum absolute atomic E-state index is 1.78. The molecule has 0 aromatic heterocycles. The highest BCUT2D eigenvalue weighted by atomic mass is 127. The third-order valence-corrected chi connectivity index (χ3v) is 5.62. The lowest BCUT2D eigenvalue weighted by atomic mass is 9.86. The first-order chi connectivity index (χ1) is 15.8. The molecule has 0 aromatic carbocycles. The van der Waals surface area contributed by atoms with E-state index in [2.05, 4.69) is 0 Å². The van der Waals surface area contributed by atoms with Crippen LogP contribution in [0.3, 0.4) is 0 Å². The van der Waals surface area contributed by atoms with Crippen molar-refractivity contribution < 1.29 is 110 Å². The van der Waals surface area contributed by atoms with Crippen molar-refractivity contribution in [3.8, 4) is 0 Å². The summed E-state index contributed by atoms with van der Waals surface area (Å²) >= 11 is -1.78. The molecule has 38 heavy (non-hydrogen) atoms. The van der Waals surface area contributed by atoms with E-state index in [-0.39, 0.29) is 0 Å². The highest BCUT2D eigenvalue weighted by Gasteiger charge is 2.99. The number of alkyl halides is 26. The quantitative estimate of drug-likeness (QED) is 0.126. The first-order valence-corrected chi connectivity index (χ1v) is 8.74. The molecule has 0 aliphatic carbocycles. The molecule has 1 atom stereocenters. The molecule has 26 heteroatoms. The van der Waals surface area contributed by atoms with Crippen molar-refractivity contribution in [2.45, 2.75) is 69.3 Å². The molecule has 0 amide bonds. The highest BCUT2D eigenvalue weighted by molar-refractivity contribution is 14.1. The number of hydrogen-bond donors (Lipinski definition) is 0. The van der Waals surface area contributed by atoms with Crippen LogP contribution in [0.5, 0.6) is 0 Å². The zero-order valence-corrected chi connectivity index (χ0v) is 18.0. The highest BCUT2D eigenvalue weighted by Crippen LogP contribution is 2.68. The normalized spacial score (nSPS) is 18.5. The van der Waals surface area contributed by atoms with Gasteiger partial charge in [-0.05, 0) is 22.6 Å². The van der Waals surface area contributed by atoms with Crippen LogP contribution in [0.2, 0.25) is 0 Å². The molecule has 0 rings (SSSR count). The minimum Gasteiger partial charge on any atom is -0.218 e. The van der Waals surface area contributed by atoms with Crippen molar-refractivity contribution in [2.75, 3.05) is 0 Å². The van der Waals surface area contributed by atoms with E-state index >= 15 is 0 Å². The van der Waals surface area contributed by atoms with E-state index in [0.717, 1.165) is 0 Å². The smallest absolute Gasteiger partial charge is 0.218 e. The summed E-state index contributed by atoms with van der Waals surface area (Å²) in [6.07, 6.45) is -16.0. The largest absolute Gasteiger partial charge is 0.460 e. The average molecular weight is 746 g/mol. The van der Waals surface area contributed by atoms with E-state index in [1.165, 1.54) is 0 Å². The number of halogens is 26. The zero-order valence-electron chi connectivity index (χ0n) is 15.8. The summed E-state index contributed by atoms with van der Waals surface area (Å²) in [6.45, 7) is 0. The predicted octanol–water partition coefficient (Wildman–Crippen LogP) is 8.93. The maximum atomic E-state index is 13.6. The van der Waals surface area contributed by atoms with Gasteiger partial charge in [0.1, 0.15) is 0 Å². The molecule has 0 fully saturated rings. The molecular formula is C12F25I. The second kappa shape index (κ2) is 8.74. The van der Waals surface area contributed by atoms with Gasteiger partial charge in [-0.3, -0.25) is 0 Å². The van der Waals surface area contributed by atoms with Crippen LogP contribution in [0.25, 0.3) is 0 Å². The fraction of sp³-hybridized carbons (Fsp3) is 1.00. The van der Waals surface area contributed by atoms with Gasteiger partial charge in [0.2, 0.25) is 0 Å². The van der Waals surface area contributed by atoms with Gasteiger partial charge >= 0.3 is 69.3 Å². The Morgan fingerprint density at radius 2 is 0.368 bits per heavy atom. The third-order valence-electron chi connectivity index (χ3n) is 4.26. The van der Waals surface area contributed by atoms with Crippen LogP contribution in [0.15, 0.2) is 0 Å². The van der Waals surface area contributed by atoms with E-state index in [1.54, 1.807) is 0 Å². The third kappa shape index (κ3) is 4.21. The first-order valence-electron chi connectivity index (χ1n) is 7.66. The van der Waals surface area contributed by atoms with Crippen LogP contribution in [0, 0.1) is 0 Å². The van der Waals surface area contributed by atoms with Crippen molar-refractivity contribution in [3.05, 3.63) is 0 Å². The molecular weight excluding hydrogens is 746 g/mol. The van der Waals surface area contributed by atoms with E-state index in [4.69, 9.17) is 0 Å². The Morgan fingerprint density at radius 1 is 0.211 bits per heavy atom. The average Bonchev–Trinajstić information content (AvgIpc) is 2.64. The van der Waals surface area contributed by atoms with Crippen LogP contribution in [-0.2, 0) is 0 Å². The SMILES string of the molecule is FC(F)(F)C(F)(F)C(F)(F)C(F)(F)C(F)(F)C(F)(F)C(F)(F)C(F)(F)C(F)(F)C(F)(I)C(F)(F)C(F)(F)F. The Bertz CT molecular complexity index is 798. The summed E-state index contributed by atoms with van der Waals surface area (Å²) < 4.78 is 316. The molecule has 0 radical (unpaired) electrons. The van der Waals surface area contributed by atoms with Gasteiger partial charge in [-0.15, -0.1) is 0 Å². The van der Waals surface area contributed by atoms with Crippen molar-refractivity contribution >= 4 is 22.6 Å². The van der Waals surface area contributed by atoms with E-state index in [0.29, 0.717) is 0 Å². The summed E-state index contributed by atoms with van der Waals surface area (Å²) in [5, 5.41) is 0. The lowest BCUT2D eigenvalue weighted by molar-refractivity contribution is -0.473. The van der Waals surface area contributed by atoms with Gasteiger partial charge < -0.3 is 0 Å². The Balaban J connectivity index is 7.29. The second-order valence-electron chi connectivity index (χ2n) is 6.74. The van der Waals surface area contributed by atoms with Crippen LogP contribution >= 0.6 is 22.6 Å².